The van der Waals surface area contributed by atoms with Crippen LogP contribution >= 0.6 is 0 Å². The van der Waals surface area contributed by atoms with E-state index in [4.69, 9.17) is 15.5 Å². The van der Waals surface area contributed by atoms with Gasteiger partial charge in [-0.05, 0) is 23.8 Å². The smallest absolute Gasteiger partial charge is 0.231 e. The van der Waals surface area contributed by atoms with Crippen molar-refractivity contribution in [2.24, 2.45) is 5.73 Å². The summed E-state index contributed by atoms with van der Waals surface area (Å²) >= 11 is 0. The Morgan fingerprint density at radius 2 is 2.16 bits per heavy atom. The highest BCUT2D eigenvalue weighted by Crippen LogP contribution is 2.38. The number of fused-ring (bicyclic) bond motifs is 5. The average molecular weight is 434 g/mol. The highest BCUT2D eigenvalue weighted by Gasteiger charge is 2.30. The van der Waals surface area contributed by atoms with Gasteiger partial charge in [-0.1, -0.05) is 24.3 Å². The summed E-state index contributed by atoms with van der Waals surface area (Å²) in [6.07, 6.45) is -0.413. The molecule has 0 spiro atoms. The first-order valence-electron chi connectivity index (χ1n) is 10.4. The molecule has 1 amide bonds. The van der Waals surface area contributed by atoms with E-state index in [-0.39, 0.29) is 12.3 Å². The van der Waals surface area contributed by atoms with Gasteiger partial charge in [0, 0.05) is 41.4 Å². The van der Waals surface area contributed by atoms with E-state index >= 15 is 0 Å². The summed E-state index contributed by atoms with van der Waals surface area (Å²) in [4.78, 5) is 21.6. The molecule has 0 aliphatic carbocycles. The number of carbonyl (C=O) groups excluding carboxylic acids is 1. The van der Waals surface area contributed by atoms with E-state index in [1.54, 1.807) is 11.0 Å². The Morgan fingerprint density at radius 1 is 1.34 bits per heavy atom. The predicted octanol–water partition coefficient (Wildman–Crippen LogP) is 2.79. The number of methoxy groups -OCH3 is 1. The second-order valence-electron chi connectivity index (χ2n) is 8.14. The minimum absolute atomic E-state index is 0.0448. The molecule has 0 saturated heterocycles. The minimum atomic E-state index is -0.806. The number of aliphatic hydroxyl groups excluding tert-OH is 1. The summed E-state index contributed by atoms with van der Waals surface area (Å²) in [5, 5.41) is 12.9. The van der Waals surface area contributed by atoms with Crippen LogP contribution in [0.5, 0.6) is 5.75 Å². The van der Waals surface area contributed by atoms with Crippen molar-refractivity contribution in [1.29, 1.82) is 0 Å². The van der Waals surface area contributed by atoms with Crippen molar-refractivity contribution < 1.29 is 19.0 Å². The van der Waals surface area contributed by atoms with Crippen LogP contribution in [0.15, 0.2) is 42.5 Å². The van der Waals surface area contributed by atoms with Gasteiger partial charge in [0.2, 0.25) is 5.91 Å². The molecule has 164 valence electrons. The number of nitrogens with two attached hydrogens (primary N) is 1. The second-order valence-corrected chi connectivity index (χ2v) is 8.14. The molecule has 8 heteroatoms. The Bertz CT molecular complexity index is 1350. The van der Waals surface area contributed by atoms with Crippen molar-refractivity contribution in [2.75, 3.05) is 20.2 Å². The number of nitrogens with one attached hydrogen (secondary N) is 1. The lowest BCUT2D eigenvalue weighted by atomic mass is 9.94. The lowest BCUT2D eigenvalue weighted by molar-refractivity contribution is -0.119. The topological polar surface area (TPSA) is 104 Å². The van der Waals surface area contributed by atoms with E-state index < -0.39 is 17.8 Å². The number of H-pyrrole nitrogens is 1. The summed E-state index contributed by atoms with van der Waals surface area (Å²) in [6.45, 7) is 0.743. The van der Waals surface area contributed by atoms with Gasteiger partial charge in [0.15, 0.2) is 11.6 Å². The maximum atomic E-state index is 14.3. The first kappa shape index (κ1) is 20.4. The number of rotatable bonds is 5. The number of pyridine rings is 1. The first-order valence-corrected chi connectivity index (χ1v) is 10.4. The van der Waals surface area contributed by atoms with Crippen LogP contribution in [0.2, 0.25) is 0 Å². The number of aromatic nitrogens is 2. The molecule has 0 bridgehead atoms. The minimum Gasteiger partial charge on any atom is -0.494 e. The molecule has 4 aromatic rings. The van der Waals surface area contributed by atoms with Crippen LogP contribution in [0, 0.1) is 5.82 Å². The lowest BCUT2D eigenvalue weighted by Gasteiger charge is -2.31. The van der Waals surface area contributed by atoms with Crippen LogP contribution in [0.25, 0.3) is 21.8 Å². The number of carbonyl (C=O) groups is 1. The number of aliphatic hydroxyl groups is 1. The van der Waals surface area contributed by atoms with Crippen molar-refractivity contribution in [2.45, 2.75) is 19.1 Å². The highest BCUT2D eigenvalue weighted by atomic mass is 19.1. The number of hydrogen-bond acceptors (Lipinski definition) is 5. The van der Waals surface area contributed by atoms with Crippen molar-refractivity contribution in [3.8, 4) is 5.75 Å². The Kier molecular flexibility index (Phi) is 5.03. The molecule has 1 unspecified atom stereocenters. The third kappa shape index (κ3) is 3.47. The van der Waals surface area contributed by atoms with Crippen LogP contribution in [0.3, 0.4) is 0 Å². The zero-order valence-corrected chi connectivity index (χ0v) is 17.6. The number of halogens is 1. The molecule has 5 rings (SSSR count). The van der Waals surface area contributed by atoms with Crippen LogP contribution in [0.4, 0.5) is 4.39 Å². The molecule has 2 aromatic heterocycles. The maximum Gasteiger partial charge on any atom is 0.231 e. The third-order valence-electron chi connectivity index (χ3n) is 5.95. The summed E-state index contributed by atoms with van der Waals surface area (Å²) in [6, 6.07) is 12.7. The molecule has 3 heterocycles. The number of hydrogen-bond donors (Lipinski definition) is 3. The molecule has 0 saturated carbocycles. The number of primary amides is 1. The zero-order chi connectivity index (χ0) is 22.4. The molecule has 1 aliphatic heterocycles. The second kappa shape index (κ2) is 7.89. The van der Waals surface area contributed by atoms with E-state index in [1.165, 1.54) is 13.2 Å². The van der Waals surface area contributed by atoms with Crippen LogP contribution < -0.4 is 10.5 Å². The fraction of sp³-hybridized carbons (Fsp3) is 0.250. The van der Waals surface area contributed by atoms with Crippen LogP contribution in [0.1, 0.15) is 28.6 Å². The Morgan fingerprint density at radius 3 is 2.91 bits per heavy atom. The summed E-state index contributed by atoms with van der Waals surface area (Å²) in [7, 11) is 1.43. The van der Waals surface area contributed by atoms with Crippen molar-refractivity contribution >= 4 is 27.7 Å². The number of nitrogens with zero attached hydrogens (tertiary/aromatic N) is 2. The van der Waals surface area contributed by atoms with Crippen LogP contribution in [-0.4, -0.2) is 46.1 Å². The van der Waals surface area contributed by atoms with Crippen molar-refractivity contribution in [3.63, 3.8) is 0 Å². The fourth-order valence-corrected chi connectivity index (χ4v) is 4.64. The Labute approximate surface area is 183 Å². The van der Waals surface area contributed by atoms with Gasteiger partial charge in [0.05, 0.1) is 36.7 Å². The molecular formula is C24H23FN4O3. The molecule has 1 atom stereocenters. The summed E-state index contributed by atoms with van der Waals surface area (Å²) in [5.41, 5.74) is 10.1. The van der Waals surface area contributed by atoms with Gasteiger partial charge in [-0.2, -0.15) is 0 Å². The van der Waals surface area contributed by atoms with Gasteiger partial charge in [-0.15, -0.1) is 0 Å². The molecule has 0 fully saturated rings. The van der Waals surface area contributed by atoms with Gasteiger partial charge in [-0.3, -0.25) is 14.7 Å². The molecule has 2 aromatic carbocycles. The Hall–Kier alpha value is -3.49. The van der Waals surface area contributed by atoms with Gasteiger partial charge in [0.1, 0.15) is 0 Å². The molecule has 1 aliphatic rings. The van der Waals surface area contributed by atoms with Gasteiger partial charge >= 0.3 is 0 Å². The first-order chi connectivity index (χ1) is 15.4. The zero-order valence-electron chi connectivity index (χ0n) is 17.6. The predicted molar refractivity (Wildman–Crippen MR) is 119 cm³/mol. The summed E-state index contributed by atoms with van der Waals surface area (Å²) < 4.78 is 19.3. The van der Waals surface area contributed by atoms with Gasteiger partial charge in [0.25, 0.3) is 0 Å². The third-order valence-corrected chi connectivity index (χ3v) is 5.95. The van der Waals surface area contributed by atoms with Crippen LogP contribution in [-0.2, 0) is 17.8 Å². The highest BCUT2D eigenvalue weighted by molar-refractivity contribution is 6.10. The summed E-state index contributed by atoms with van der Waals surface area (Å²) in [5.74, 6) is -0.699. The van der Waals surface area contributed by atoms with Gasteiger partial charge in [-0.25, -0.2) is 4.39 Å². The van der Waals surface area contributed by atoms with E-state index in [0.717, 1.165) is 38.6 Å². The quantitative estimate of drug-likeness (QED) is 0.448. The monoisotopic (exact) mass is 434 g/mol. The molecule has 0 radical (unpaired) electrons. The molecule has 32 heavy (non-hydrogen) atoms. The number of amides is 1. The largest absolute Gasteiger partial charge is 0.494 e. The van der Waals surface area contributed by atoms with Gasteiger partial charge < -0.3 is 20.6 Å². The Balaban J connectivity index is 1.68. The normalized spacial score (nSPS) is 16.4. The van der Waals surface area contributed by atoms with Crippen molar-refractivity contribution in [3.05, 3.63) is 70.8 Å². The van der Waals surface area contributed by atoms with E-state index in [0.29, 0.717) is 25.2 Å². The SMILES string of the molecule is COc1ccc(Cc2nc3c(c4c2[nH]c2ccccc24)C(O)CN(CC(N)=O)C3)cc1F. The number of para-hydroxylation sites is 1. The lowest BCUT2D eigenvalue weighted by Crippen LogP contribution is -2.40. The fourth-order valence-electron chi connectivity index (χ4n) is 4.64. The number of aromatic amines is 1. The average Bonchev–Trinajstić information content (AvgIpc) is 3.13. The van der Waals surface area contributed by atoms with E-state index in [1.807, 2.05) is 30.3 Å². The van der Waals surface area contributed by atoms with E-state index in [9.17, 15) is 14.3 Å². The maximum absolute atomic E-state index is 14.3. The molecule has 7 nitrogen and oxygen atoms in total. The molecular weight excluding hydrogens is 411 g/mol. The van der Waals surface area contributed by atoms with Crippen molar-refractivity contribution in [1.82, 2.24) is 14.9 Å². The number of ether oxygens (including phenoxy) is 1. The van der Waals surface area contributed by atoms with E-state index in [2.05, 4.69) is 4.98 Å². The number of benzene rings is 2. The molecule has 4 N–H and O–H groups in total. The standard InChI is InChI=1S/C24H23FN4O3/c1-32-20-7-6-13(8-15(20)25)9-17-24-22(14-4-2-3-5-16(14)28-24)23-18(27-17)10-29(11-19(23)30)12-21(26)31/h2-8,19,28,30H,9-12H2,1H3,(H2,26,31). The number of β-amino-alcohol motifs (C(OH)–C–C–N with tert-alkyl or cyclic N) is 1.